The van der Waals surface area contributed by atoms with Gasteiger partial charge in [0, 0.05) is 18.2 Å². The number of benzene rings is 1. The number of H-pyrrole nitrogens is 1. The molecular weight excluding hydrogens is 270 g/mol. The average Bonchev–Trinajstić information content (AvgIpc) is 2.37. The Labute approximate surface area is 112 Å². The summed E-state index contributed by atoms with van der Waals surface area (Å²) in [6.07, 6.45) is 6.08. The van der Waals surface area contributed by atoms with E-state index >= 15 is 0 Å². The van der Waals surface area contributed by atoms with Crippen LogP contribution in [0.2, 0.25) is 0 Å². The molecule has 0 atom stereocenters. The zero-order valence-corrected chi connectivity index (χ0v) is 10.6. The minimum Gasteiger partial charge on any atom is -0.222 e. The molecule has 1 N–H and O–H groups in total. The molecule has 0 unspecified atom stereocenters. The van der Waals surface area contributed by atoms with E-state index in [4.69, 9.17) is 18.6 Å². The lowest BCUT2D eigenvalue weighted by molar-refractivity contribution is -2.00. The van der Waals surface area contributed by atoms with E-state index in [9.17, 15) is 0 Å². The second kappa shape index (κ2) is 7.63. The van der Waals surface area contributed by atoms with E-state index in [2.05, 4.69) is 29.3 Å². The Morgan fingerprint density at radius 2 is 1.37 bits per heavy atom. The van der Waals surface area contributed by atoms with Gasteiger partial charge in [-0.05, 0) is 17.7 Å². The quantitative estimate of drug-likeness (QED) is 0.629. The van der Waals surface area contributed by atoms with Gasteiger partial charge in [0.1, 0.15) is 0 Å². The molecule has 2 aromatic rings. The van der Waals surface area contributed by atoms with Crippen molar-refractivity contribution in [3.63, 3.8) is 0 Å². The summed E-state index contributed by atoms with van der Waals surface area (Å²) in [6, 6.07) is 16.3. The molecule has 0 bridgehead atoms. The lowest BCUT2D eigenvalue weighted by atomic mass is 10.2. The number of hydrogen-bond acceptors (Lipinski definition) is 4. The molecule has 2 rings (SSSR count). The summed E-state index contributed by atoms with van der Waals surface area (Å²) in [5.41, 5.74) is 2.32. The maximum atomic E-state index is 8.49. The van der Waals surface area contributed by atoms with Gasteiger partial charge in [-0.1, -0.05) is 30.3 Å². The van der Waals surface area contributed by atoms with E-state index in [0.717, 1.165) is 5.69 Å². The third-order valence-electron chi connectivity index (χ3n) is 1.99. The molecule has 0 fully saturated rings. The molecule has 6 heteroatoms. The molecule has 1 aromatic heterocycles. The summed E-state index contributed by atoms with van der Waals surface area (Å²) in [6.45, 7) is 0. The smallest absolute Gasteiger partial charge is 0.203 e. The molecule has 100 valence electrons. The molecule has 0 aliphatic rings. The third kappa shape index (κ3) is 8.90. The molecule has 0 aliphatic carbocycles. The van der Waals surface area contributed by atoms with Gasteiger partial charge < -0.3 is 0 Å². The number of nitrogens with one attached hydrogen (secondary N) is 1. The highest BCUT2D eigenvalue weighted by Crippen LogP contribution is 2.03. The van der Waals surface area contributed by atoms with Crippen molar-refractivity contribution in [2.75, 3.05) is 0 Å². The number of halogens is 1. The van der Waals surface area contributed by atoms with Gasteiger partial charge in [0.15, 0.2) is 6.20 Å². The molecule has 0 aliphatic heterocycles. The molecule has 0 radical (unpaired) electrons. The van der Waals surface area contributed by atoms with Crippen LogP contribution in [0, 0.1) is 10.2 Å². The highest BCUT2D eigenvalue weighted by atomic mass is 35.7. The van der Waals surface area contributed by atoms with E-state index < -0.39 is 10.2 Å². The maximum Gasteiger partial charge on any atom is 0.203 e. The number of pyridine rings is 1. The molecule has 0 amide bonds. The Hall–Kier alpha value is -1.76. The molecule has 5 nitrogen and oxygen atoms in total. The monoisotopic (exact) mass is 281 g/mol. The summed E-state index contributed by atoms with van der Waals surface area (Å²) in [5, 5.41) is 0. The van der Waals surface area contributed by atoms with Gasteiger partial charge in [-0.2, -0.15) is 0 Å². The molecule has 1 aromatic carbocycles. The van der Waals surface area contributed by atoms with Gasteiger partial charge in [0.2, 0.25) is 5.69 Å². The van der Waals surface area contributed by atoms with Crippen molar-refractivity contribution in [2.24, 2.45) is 0 Å². The van der Waals surface area contributed by atoms with Crippen molar-refractivity contribution in [1.82, 2.24) is 0 Å². The zero-order valence-electron chi connectivity index (χ0n) is 9.86. The first kappa shape index (κ1) is 15.3. The fraction of sp³-hybridized carbons (Fsp3) is 0. The van der Waals surface area contributed by atoms with Crippen LogP contribution in [0.25, 0.3) is 12.2 Å². The van der Waals surface area contributed by atoms with E-state index in [0.29, 0.717) is 0 Å². The summed E-state index contributed by atoms with van der Waals surface area (Å²) in [4.78, 5) is 3.15. The predicted octanol–water partition coefficient (Wildman–Crippen LogP) is -2.08. The molecule has 19 heavy (non-hydrogen) atoms. The van der Waals surface area contributed by atoms with Crippen LogP contribution in [0.5, 0.6) is 0 Å². The Kier molecular flexibility index (Phi) is 6.14. The minimum atomic E-state index is -4.94. The van der Waals surface area contributed by atoms with Crippen LogP contribution in [0.15, 0.2) is 54.7 Å². The van der Waals surface area contributed by atoms with Crippen molar-refractivity contribution < 1.29 is 33.9 Å². The van der Waals surface area contributed by atoms with Crippen molar-refractivity contribution in [3.05, 3.63) is 66.0 Å². The summed E-state index contributed by atoms with van der Waals surface area (Å²) in [5.74, 6) is 0. The number of aromatic amines is 1. The Morgan fingerprint density at radius 3 is 1.89 bits per heavy atom. The average molecular weight is 282 g/mol. The Bertz CT molecular complexity index is 450. The van der Waals surface area contributed by atoms with E-state index in [1.807, 2.05) is 42.6 Å². The zero-order chi connectivity index (χ0) is 14.1. The van der Waals surface area contributed by atoms with Gasteiger partial charge in [-0.3, -0.25) is 0 Å². The topological polar surface area (TPSA) is 106 Å². The number of aromatic nitrogens is 1. The van der Waals surface area contributed by atoms with Crippen LogP contribution in [0.3, 0.4) is 0 Å². The first-order valence-electron chi connectivity index (χ1n) is 5.27. The largest absolute Gasteiger partial charge is 0.222 e. The van der Waals surface area contributed by atoms with Crippen LogP contribution in [-0.4, -0.2) is 0 Å². The van der Waals surface area contributed by atoms with Gasteiger partial charge in [-0.15, -0.1) is 10.2 Å². The lowest BCUT2D eigenvalue weighted by Crippen LogP contribution is -2.68. The standard InChI is InChI=1S/C13H11N.ClHO4/c1-2-6-12(7-3-1)9-10-13-8-4-5-11-14-13;2-1(3,4)5/h1-11H;(H,2,3,4,5). The second-order valence-corrected chi connectivity index (χ2v) is 4.20. The second-order valence-electron chi connectivity index (χ2n) is 3.44. The first-order valence-corrected chi connectivity index (χ1v) is 6.50. The van der Waals surface area contributed by atoms with Crippen LogP contribution in [0.4, 0.5) is 0 Å². The summed E-state index contributed by atoms with van der Waals surface area (Å²) in [7, 11) is -4.94. The van der Waals surface area contributed by atoms with Crippen LogP contribution in [-0.2, 0) is 0 Å². The van der Waals surface area contributed by atoms with Crippen molar-refractivity contribution in [2.45, 2.75) is 0 Å². The fourth-order valence-electron chi connectivity index (χ4n) is 1.26. The SMILES string of the molecule is C(=Cc1cccc[nH+]1)c1ccccc1.[O-][Cl+3]([O-])([O-])[O-]. The third-order valence-corrected chi connectivity index (χ3v) is 1.99. The van der Waals surface area contributed by atoms with Gasteiger partial charge in [0.05, 0.1) is 0 Å². The van der Waals surface area contributed by atoms with E-state index in [-0.39, 0.29) is 0 Å². The Balaban J connectivity index is 0.000000312. The van der Waals surface area contributed by atoms with Crippen LogP contribution in [0.1, 0.15) is 11.3 Å². The van der Waals surface area contributed by atoms with Gasteiger partial charge in [-0.25, -0.2) is 23.6 Å². The lowest BCUT2D eigenvalue weighted by Gasteiger charge is -2.17. The highest BCUT2D eigenvalue weighted by Gasteiger charge is 1.90. The van der Waals surface area contributed by atoms with E-state index in [1.165, 1.54) is 5.56 Å². The Morgan fingerprint density at radius 1 is 0.789 bits per heavy atom. The number of rotatable bonds is 2. The molecular formula is C13H12ClNO4. The normalized spacial score (nSPS) is 10.9. The molecule has 0 saturated carbocycles. The summed E-state index contributed by atoms with van der Waals surface area (Å²) >= 11 is 0. The molecule has 0 saturated heterocycles. The highest BCUT2D eigenvalue weighted by molar-refractivity contribution is 5.66. The fourth-order valence-corrected chi connectivity index (χ4v) is 1.26. The minimum absolute atomic E-state index is 1.11. The van der Waals surface area contributed by atoms with Gasteiger partial charge >= 0.3 is 0 Å². The van der Waals surface area contributed by atoms with Gasteiger partial charge in [0.25, 0.3) is 0 Å². The van der Waals surface area contributed by atoms with E-state index in [1.54, 1.807) is 0 Å². The summed E-state index contributed by atoms with van der Waals surface area (Å²) < 4.78 is 34.0. The maximum absolute atomic E-state index is 8.49. The van der Waals surface area contributed by atoms with Crippen LogP contribution >= 0.6 is 0 Å². The number of hydrogen-bond donors (Lipinski definition) is 0. The molecule has 0 spiro atoms. The first-order chi connectivity index (χ1) is 8.95. The van der Waals surface area contributed by atoms with Crippen molar-refractivity contribution in [3.8, 4) is 0 Å². The van der Waals surface area contributed by atoms with Crippen molar-refractivity contribution >= 4 is 12.2 Å². The predicted molar refractivity (Wildman–Crippen MR) is 58.4 cm³/mol. The van der Waals surface area contributed by atoms with Crippen molar-refractivity contribution in [1.29, 1.82) is 0 Å². The van der Waals surface area contributed by atoms with Crippen LogP contribution < -0.4 is 23.6 Å². The molecule has 1 heterocycles.